The summed E-state index contributed by atoms with van der Waals surface area (Å²) in [5, 5.41) is 90.4. The molecule has 99 heavy (non-hydrogen) atoms. The van der Waals surface area contributed by atoms with Crippen LogP contribution in [0.15, 0.2) is 77.8 Å². The van der Waals surface area contributed by atoms with Crippen LogP contribution in [0.3, 0.4) is 0 Å². The summed E-state index contributed by atoms with van der Waals surface area (Å²) in [6.45, 7) is 5.94. The highest BCUT2D eigenvalue weighted by molar-refractivity contribution is 5.99. The Labute approximate surface area is 568 Å². The second-order valence-electron chi connectivity index (χ2n) is 23.8. The van der Waals surface area contributed by atoms with Crippen LogP contribution < -0.4 is 70.8 Å². The molecule has 0 heterocycles. The fourth-order valence-corrected chi connectivity index (χ4v) is 9.70. The van der Waals surface area contributed by atoms with Gasteiger partial charge in [-0.15, -0.1) is 0 Å². The molecule has 3 rings (SSSR count). The van der Waals surface area contributed by atoms with E-state index in [1.54, 1.807) is 6.92 Å². The molecule has 35 heteroatoms. The van der Waals surface area contributed by atoms with Crippen LogP contribution in [0.5, 0.6) is 17.2 Å². The van der Waals surface area contributed by atoms with Crippen molar-refractivity contribution >= 4 is 88.9 Å². The van der Waals surface area contributed by atoms with E-state index in [-0.39, 0.29) is 61.0 Å². The lowest BCUT2D eigenvalue weighted by Crippen LogP contribution is -2.61. The maximum Gasteiger partial charge on any atom is 0.326 e. The first-order valence-electron chi connectivity index (χ1n) is 31.6. The van der Waals surface area contributed by atoms with Crippen molar-refractivity contribution in [3.63, 3.8) is 0 Å². The van der Waals surface area contributed by atoms with Crippen molar-refractivity contribution < 1.29 is 103 Å². The second kappa shape index (κ2) is 41.1. The Morgan fingerprint density at radius 3 is 1.03 bits per heavy atom. The molecule has 24 N–H and O–H groups in total. The summed E-state index contributed by atoms with van der Waals surface area (Å²) in [5.74, 6) is -18.9. The van der Waals surface area contributed by atoms with Gasteiger partial charge in [0.15, 0.2) is 5.96 Å². The van der Waals surface area contributed by atoms with Crippen LogP contribution in [-0.2, 0) is 86.4 Å². The van der Waals surface area contributed by atoms with Crippen LogP contribution in [0, 0.1) is 11.8 Å². The lowest BCUT2D eigenvalue weighted by Gasteiger charge is -2.29. The minimum atomic E-state index is -1.86. The van der Waals surface area contributed by atoms with Crippen LogP contribution in [0.4, 0.5) is 0 Å². The van der Waals surface area contributed by atoms with E-state index in [2.05, 4.69) is 52.8 Å². The number of hydrogen-bond donors (Lipinski definition) is 20. The quantitative estimate of drug-likeness (QED) is 0.0155. The van der Waals surface area contributed by atoms with E-state index in [4.69, 9.17) is 22.9 Å². The first-order chi connectivity index (χ1) is 46.6. The van der Waals surface area contributed by atoms with Gasteiger partial charge in [0.2, 0.25) is 59.1 Å². The molecule has 0 aliphatic rings. The number of nitrogens with two attached hydrogens (primary N) is 4. The Balaban J connectivity index is 2.01. The number of carbonyl (C=O) groups is 14. The topological polar surface area (TPSA) is 605 Å². The average molecular weight is 1390 g/mol. The van der Waals surface area contributed by atoms with Crippen LogP contribution in [-0.4, -0.2) is 192 Å². The maximum absolute atomic E-state index is 14.6. The molecule has 0 spiro atoms. The molecule has 0 saturated heterocycles. The Kier molecular flexibility index (Phi) is 34.1. The highest BCUT2D eigenvalue weighted by Crippen LogP contribution is 2.18. The lowest BCUT2D eigenvalue weighted by atomic mass is 9.98. The van der Waals surface area contributed by atoms with Crippen LogP contribution in [0.1, 0.15) is 115 Å². The number of nitrogens with zero attached hydrogens (tertiary/aromatic N) is 1. The zero-order chi connectivity index (χ0) is 74.2. The summed E-state index contributed by atoms with van der Waals surface area (Å²) >= 11 is 0. The lowest BCUT2D eigenvalue weighted by molar-refractivity contribution is -0.144. The summed E-state index contributed by atoms with van der Waals surface area (Å²) in [6.07, 6.45) is -6.10. The van der Waals surface area contributed by atoms with Gasteiger partial charge in [0, 0.05) is 45.1 Å². The Morgan fingerprint density at radius 2 is 0.697 bits per heavy atom. The smallest absolute Gasteiger partial charge is 0.326 e. The standard InChI is InChI=1S/C64H90N14O21/c1-5-33(4)53(63(98)99)78-59(94)45(23-27-51(87)88)72-55(90)41(7-6-28-69-64(67)68)70-61(96)47(31-36-12-18-39(81)19-13-36)76-57(92)44(22-26-50(85)86)74-62(97)52(32(2)3)77-58(93)42(20-24-48(66)82)71-56(91)43(21-25-49(83)84)73-60(95)46(30-35-10-16-38(80)17-11-35)75-54(89)40(65)29-34-8-14-37(79)15-9-34/h8-19,32-33,40-47,52-53,79-81H,5-7,20-31,65H2,1-4H3,(H2,66,82)(H,70,96)(H,71,91)(H,72,90)(H,73,95)(H,74,97)(H,75,89)(H,76,92)(H,77,93)(H,78,94)(H,83,84)(H,85,86)(H,87,88)(H,98,99)(H4,67,68,69)/t33-,40-,41-,42-,43-,44-,45-,46-,47-,52-,53-/m0/s1. The number of guanidine groups is 1. The van der Waals surface area contributed by atoms with Gasteiger partial charge in [0.1, 0.15) is 71.6 Å². The van der Waals surface area contributed by atoms with Crippen LogP contribution >= 0.6 is 0 Å². The summed E-state index contributed by atoms with van der Waals surface area (Å²) in [6, 6.07) is -0.0596. The third-order valence-corrected chi connectivity index (χ3v) is 15.5. The third-order valence-electron chi connectivity index (χ3n) is 15.5. The number of aliphatic carboxylic acids is 4. The average Bonchev–Trinajstić information content (AvgIpc) is 0.952. The first kappa shape index (κ1) is 82.1. The van der Waals surface area contributed by atoms with Crippen molar-refractivity contribution in [3.05, 3.63) is 89.5 Å². The van der Waals surface area contributed by atoms with Crippen molar-refractivity contribution in [2.45, 2.75) is 178 Å². The maximum atomic E-state index is 14.6. The number of amides is 10. The number of carboxylic acids is 4. The zero-order valence-electron chi connectivity index (χ0n) is 55.1. The van der Waals surface area contributed by atoms with Crippen molar-refractivity contribution in [1.29, 1.82) is 0 Å². The predicted octanol–water partition coefficient (Wildman–Crippen LogP) is -2.78. The van der Waals surface area contributed by atoms with Gasteiger partial charge in [-0.2, -0.15) is 0 Å². The van der Waals surface area contributed by atoms with Crippen molar-refractivity contribution in [3.8, 4) is 17.2 Å². The van der Waals surface area contributed by atoms with Gasteiger partial charge in [-0.25, -0.2) is 4.79 Å². The highest BCUT2D eigenvalue weighted by atomic mass is 16.4. The molecule has 0 radical (unpaired) electrons. The van der Waals surface area contributed by atoms with Gasteiger partial charge in [-0.1, -0.05) is 70.5 Å². The number of aromatic hydroxyl groups is 3. The number of hydrogen-bond acceptors (Lipinski definition) is 19. The summed E-state index contributed by atoms with van der Waals surface area (Å²) < 4.78 is 0. The number of carbonyl (C=O) groups excluding carboxylic acids is 10. The second-order valence-corrected chi connectivity index (χ2v) is 23.8. The molecule has 0 aliphatic heterocycles. The number of aliphatic imine (C=N–C) groups is 1. The number of phenols is 3. The highest BCUT2D eigenvalue weighted by Gasteiger charge is 2.38. The molecule has 0 unspecified atom stereocenters. The zero-order valence-corrected chi connectivity index (χ0v) is 55.1. The van der Waals surface area contributed by atoms with E-state index < -0.39 is 213 Å². The molecule has 11 atom stereocenters. The molecule has 3 aromatic carbocycles. The van der Waals surface area contributed by atoms with E-state index in [1.165, 1.54) is 93.6 Å². The minimum Gasteiger partial charge on any atom is -0.508 e. The molecule has 542 valence electrons. The molecular formula is C64H90N14O21. The molecule has 3 aromatic rings. The van der Waals surface area contributed by atoms with E-state index in [1.807, 2.05) is 0 Å². The molecule has 0 bridgehead atoms. The molecule has 0 aromatic heterocycles. The molecule has 10 amide bonds. The van der Waals surface area contributed by atoms with Crippen molar-refractivity contribution in [1.82, 2.24) is 47.9 Å². The van der Waals surface area contributed by atoms with Gasteiger partial charge in [0.05, 0.1) is 6.04 Å². The van der Waals surface area contributed by atoms with Gasteiger partial charge in [-0.05, 0) is 110 Å². The number of benzene rings is 3. The first-order valence-corrected chi connectivity index (χ1v) is 31.6. The third kappa shape index (κ3) is 30.2. The van der Waals surface area contributed by atoms with Crippen molar-refractivity contribution in [2.75, 3.05) is 6.54 Å². The van der Waals surface area contributed by atoms with Gasteiger partial charge in [0.25, 0.3) is 0 Å². The summed E-state index contributed by atoms with van der Waals surface area (Å²) in [4.78, 5) is 192. The largest absolute Gasteiger partial charge is 0.508 e. The predicted molar refractivity (Wildman–Crippen MR) is 352 cm³/mol. The minimum absolute atomic E-state index is 0.0404. The number of phenolic OH excluding ortho intramolecular Hbond substituents is 3. The van der Waals surface area contributed by atoms with E-state index in [0.717, 1.165) is 0 Å². The molecular weight excluding hydrogens is 1300 g/mol. The van der Waals surface area contributed by atoms with Gasteiger partial charge in [-0.3, -0.25) is 67.3 Å². The Bertz CT molecular complexity index is 3330. The fourth-order valence-electron chi connectivity index (χ4n) is 9.70. The monoisotopic (exact) mass is 1390 g/mol. The molecule has 0 fully saturated rings. The fraction of sp³-hybridized carbons (Fsp3) is 0.484. The number of nitrogens with one attached hydrogen (secondary N) is 9. The number of rotatable bonds is 44. The molecule has 35 nitrogen and oxygen atoms in total. The molecule has 0 saturated carbocycles. The SMILES string of the molecule is CC[C@H](C)[C@H](NC(=O)[C@H](CCC(=O)O)NC(=O)[C@H](CCCN=C(N)N)NC(=O)[C@H](Cc1ccc(O)cc1)NC(=O)[C@H](CCC(=O)O)NC(=O)[C@@H](NC(=O)[C@H](CCC(N)=O)NC(=O)[C@H](CCC(=O)O)NC(=O)[C@H](Cc1ccc(O)cc1)NC(=O)[C@@H](N)Cc1ccc(O)cc1)C(C)C)C(=O)O. The Hall–Kier alpha value is -11.1. The number of primary amides is 1. The normalized spacial score (nSPS) is 14.3. The van der Waals surface area contributed by atoms with E-state index in [9.17, 15) is 103 Å². The van der Waals surface area contributed by atoms with Crippen molar-refractivity contribution in [2.24, 2.45) is 39.8 Å². The van der Waals surface area contributed by atoms with Gasteiger partial charge >= 0.3 is 23.9 Å². The van der Waals surface area contributed by atoms with Crippen LogP contribution in [0.2, 0.25) is 0 Å². The summed E-state index contributed by atoms with van der Waals surface area (Å²) in [7, 11) is 0. The van der Waals surface area contributed by atoms with E-state index >= 15 is 0 Å². The number of carboxylic acid groups (broad SMARTS) is 4. The van der Waals surface area contributed by atoms with Gasteiger partial charge < -0.3 is 107 Å². The molecule has 0 aliphatic carbocycles. The van der Waals surface area contributed by atoms with E-state index in [0.29, 0.717) is 17.5 Å². The Morgan fingerprint density at radius 1 is 0.394 bits per heavy atom. The van der Waals surface area contributed by atoms with Crippen LogP contribution in [0.25, 0.3) is 0 Å². The summed E-state index contributed by atoms with van der Waals surface area (Å²) in [5.41, 5.74) is 23.8.